The third-order valence-corrected chi connectivity index (χ3v) is 4.61. The minimum atomic E-state index is -0.734. The van der Waals surface area contributed by atoms with Crippen LogP contribution in [-0.2, 0) is 19.1 Å². The molecular formula is C15H17NO5S. The van der Waals surface area contributed by atoms with E-state index in [0.29, 0.717) is 11.3 Å². The molecule has 118 valence electrons. The first-order valence-corrected chi connectivity index (χ1v) is 7.80. The van der Waals surface area contributed by atoms with E-state index in [1.807, 2.05) is 6.07 Å². The summed E-state index contributed by atoms with van der Waals surface area (Å²) in [7, 11) is 1.28. The van der Waals surface area contributed by atoms with Gasteiger partial charge >= 0.3 is 11.9 Å². The first-order chi connectivity index (χ1) is 10.5. The molecule has 0 radical (unpaired) electrons. The Morgan fingerprint density at radius 3 is 2.50 bits per heavy atom. The molecular weight excluding hydrogens is 306 g/mol. The van der Waals surface area contributed by atoms with Crippen LogP contribution in [0.2, 0.25) is 0 Å². The molecule has 1 amide bonds. The molecule has 3 atom stereocenters. The molecule has 0 aliphatic carbocycles. The van der Waals surface area contributed by atoms with Gasteiger partial charge in [-0.05, 0) is 12.1 Å². The van der Waals surface area contributed by atoms with E-state index in [0.717, 1.165) is 0 Å². The highest BCUT2D eigenvalue weighted by Gasteiger charge is 2.44. The van der Waals surface area contributed by atoms with E-state index in [1.165, 1.54) is 25.8 Å². The van der Waals surface area contributed by atoms with Crippen LogP contribution in [0.1, 0.15) is 17.3 Å². The second kappa shape index (κ2) is 7.31. The average molecular weight is 323 g/mol. The lowest BCUT2D eigenvalue weighted by molar-refractivity contribution is -0.151. The van der Waals surface area contributed by atoms with Gasteiger partial charge in [0.2, 0.25) is 0 Å². The van der Waals surface area contributed by atoms with Crippen LogP contribution >= 0.6 is 11.8 Å². The molecule has 22 heavy (non-hydrogen) atoms. The Bertz CT molecular complexity index is 562. The van der Waals surface area contributed by atoms with Gasteiger partial charge in [-0.25, -0.2) is 0 Å². The van der Waals surface area contributed by atoms with Crippen molar-refractivity contribution in [1.82, 2.24) is 5.32 Å². The normalized spacial score (nSPS) is 23.6. The quantitative estimate of drug-likeness (QED) is 0.833. The molecule has 0 aromatic heterocycles. The van der Waals surface area contributed by atoms with E-state index >= 15 is 0 Å². The van der Waals surface area contributed by atoms with Gasteiger partial charge in [-0.2, -0.15) is 0 Å². The van der Waals surface area contributed by atoms with E-state index in [-0.39, 0.29) is 5.91 Å². The number of carbonyl (C=O) groups is 3. The summed E-state index contributed by atoms with van der Waals surface area (Å²) < 4.78 is 9.94. The van der Waals surface area contributed by atoms with Crippen molar-refractivity contribution in [3.05, 3.63) is 35.9 Å². The Balaban J connectivity index is 2.10. The zero-order chi connectivity index (χ0) is 16.1. The Hall–Kier alpha value is -2.02. The van der Waals surface area contributed by atoms with Crippen LogP contribution in [0.3, 0.4) is 0 Å². The highest BCUT2D eigenvalue weighted by Crippen LogP contribution is 2.31. The molecule has 7 heteroatoms. The number of esters is 2. The number of carbonyl (C=O) groups excluding carboxylic acids is 3. The Morgan fingerprint density at radius 2 is 1.91 bits per heavy atom. The number of hydrogen-bond donors (Lipinski definition) is 1. The lowest BCUT2D eigenvalue weighted by atomic mass is 10.1. The molecule has 1 aliphatic heterocycles. The molecule has 1 heterocycles. The van der Waals surface area contributed by atoms with Crippen LogP contribution in [0.15, 0.2) is 30.3 Å². The molecule has 1 aromatic rings. The summed E-state index contributed by atoms with van der Waals surface area (Å²) in [5.41, 5.74) is 0.510. The summed E-state index contributed by atoms with van der Waals surface area (Å²) in [6.45, 7) is 1.27. The largest absolute Gasteiger partial charge is 0.468 e. The third-order valence-electron chi connectivity index (χ3n) is 3.24. The Kier molecular flexibility index (Phi) is 5.43. The van der Waals surface area contributed by atoms with Crippen LogP contribution in [0.25, 0.3) is 0 Å². The van der Waals surface area contributed by atoms with E-state index in [2.05, 4.69) is 5.32 Å². The predicted octanol–water partition coefficient (Wildman–Crippen LogP) is 1.01. The highest BCUT2D eigenvalue weighted by atomic mass is 32.2. The molecule has 1 aliphatic rings. The predicted molar refractivity (Wildman–Crippen MR) is 81.5 cm³/mol. The number of nitrogens with one attached hydrogen (secondary N) is 1. The highest BCUT2D eigenvalue weighted by molar-refractivity contribution is 8.01. The molecule has 2 rings (SSSR count). The van der Waals surface area contributed by atoms with Crippen LogP contribution < -0.4 is 5.32 Å². The topological polar surface area (TPSA) is 81.7 Å². The van der Waals surface area contributed by atoms with Crippen LogP contribution in [0.4, 0.5) is 0 Å². The van der Waals surface area contributed by atoms with Crippen molar-refractivity contribution in [2.75, 3.05) is 12.9 Å². The van der Waals surface area contributed by atoms with E-state index in [4.69, 9.17) is 9.47 Å². The average Bonchev–Trinajstić information content (AvgIpc) is 2.89. The second-order valence-corrected chi connectivity index (χ2v) is 5.97. The van der Waals surface area contributed by atoms with E-state index in [1.54, 1.807) is 24.3 Å². The van der Waals surface area contributed by atoms with Crippen molar-refractivity contribution >= 4 is 29.6 Å². The fraction of sp³-hybridized carbons (Fsp3) is 0.400. The number of methoxy groups -OCH3 is 1. The van der Waals surface area contributed by atoms with Crippen molar-refractivity contribution in [2.45, 2.75) is 24.3 Å². The SMILES string of the molecule is COC(=O)[C@@H]1SC[C@@H](NC(=O)c2ccccc2)[C@H]1OC(C)=O. The van der Waals surface area contributed by atoms with E-state index in [9.17, 15) is 14.4 Å². The van der Waals surface area contributed by atoms with Gasteiger partial charge in [0, 0.05) is 18.2 Å². The van der Waals surface area contributed by atoms with Gasteiger partial charge in [-0.15, -0.1) is 11.8 Å². The minimum absolute atomic E-state index is 0.270. The number of rotatable bonds is 4. The summed E-state index contributed by atoms with van der Waals surface area (Å²) in [6.07, 6.45) is -0.734. The number of benzene rings is 1. The van der Waals surface area contributed by atoms with Crippen molar-refractivity contribution < 1.29 is 23.9 Å². The molecule has 0 spiro atoms. The van der Waals surface area contributed by atoms with Crippen LogP contribution in [0.5, 0.6) is 0 Å². The number of amides is 1. The Morgan fingerprint density at radius 1 is 1.23 bits per heavy atom. The number of hydrogen-bond acceptors (Lipinski definition) is 6. The molecule has 6 nitrogen and oxygen atoms in total. The molecule has 0 unspecified atom stereocenters. The van der Waals surface area contributed by atoms with Gasteiger partial charge in [0.25, 0.3) is 5.91 Å². The fourth-order valence-electron chi connectivity index (χ4n) is 2.23. The molecule has 1 fully saturated rings. The maximum atomic E-state index is 12.2. The minimum Gasteiger partial charge on any atom is -0.468 e. The van der Waals surface area contributed by atoms with Gasteiger partial charge in [-0.1, -0.05) is 18.2 Å². The zero-order valence-electron chi connectivity index (χ0n) is 12.3. The van der Waals surface area contributed by atoms with Crippen LogP contribution in [0, 0.1) is 0 Å². The molecule has 1 saturated heterocycles. The van der Waals surface area contributed by atoms with Gasteiger partial charge in [0.1, 0.15) is 11.4 Å². The number of ether oxygens (including phenoxy) is 2. The van der Waals surface area contributed by atoms with Crippen molar-refractivity contribution in [1.29, 1.82) is 0 Å². The summed E-state index contributed by atoms with van der Waals surface area (Å²) >= 11 is 1.30. The van der Waals surface area contributed by atoms with Gasteiger partial charge < -0.3 is 14.8 Å². The standard InChI is InChI=1S/C15H17NO5S/c1-9(17)21-12-11(8-22-13(12)15(19)20-2)16-14(18)10-6-4-3-5-7-10/h3-7,11-13H,8H2,1-2H3,(H,16,18)/t11-,12-,13-/m1/s1. The van der Waals surface area contributed by atoms with E-state index < -0.39 is 29.3 Å². The zero-order valence-corrected chi connectivity index (χ0v) is 13.1. The number of thioether (sulfide) groups is 1. The van der Waals surface area contributed by atoms with Crippen molar-refractivity contribution in [3.63, 3.8) is 0 Å². The summed E-state index contributed by atoms with van der Waals surface area (Å²) in [5.74, 6) is -0.766. The molecule has 0 bridgehead atoms. The second-order valence-electron chi connectivity index (χ2n) is 4.80. The first kappa shape index (κ1) is 16.4. The summed E-state index contributed by atoms with van der Waals surface area (Å²) in [4.78, 5) is 35.2. The van der Waals surface area contributed by atoms with Crippen molar-refractivity contribution in [2.24, 2.45) is 0 Å². The Labute approximate surface area is 132 Å². The maximum Gasteiger partial charge on any atom is 0.322 e. The molecule has 1 aromatic carbocycles. The van der Waals surface area contributed by atoms with Gasteiger partial charge in [0.15, 0.2) is 0 Å². The summed E-state index contributed by atoms with van der Waals surface area (Å²) in [5, 5.41) is 2.19. The van der Waals surface area contributed by atoms with Crippen LogP contribution in [-0.4, -0.2) is 48.1 Å². The molecule has 0 saturated carbocycles. The first-order valence-electron chi connectivity index (χ1n) is 6.75. The monoisotopic (exact) mass is 323 g/mol. The van der Waals surface area contributed by atoms with Gasteiger partial charge in [-0.3, -0.25) is 14.4 Å². The van der Waals surface area contributed by atoms with Gasteiger partial charge in [0.05, 0.1) is 13.2 Å². The summed E-state index contributed by atoms with van der Waals surface area (Å²) in [6, 6.07) is 8.28. The molecule has 1 N–H and O–H groups in total. The third kappa shape index (κ3) is 3.79. The fourth-order valence-corrected chi connectivity index (χ4v) is 3.58. The maximum absolute atomic E-state index is 12.2. The smallest absolute Gasteiger partial charge is 0.322 e. The lowest BCUT2D eigenvalue weighted by Gasteiger charge is -2.23. The van der Waals surface area contributed by atoms with Crippen molar-refractivity contribution in [3.8, 4) is 0 Å². The lowest BCUT2D eigenvalue weighted by Crippen LogP contribution is -2.48.